The number of nitrogens with two attached hydrogens (primary N) is 1. The largest absolute Gasteiger partial charge is 0.469 e. The Kier molecular flexibility index (Phi) is 6.16. The van der Waals surface area contributed by atoms with E-state index in [1.807, 2.05) is 19.1 Å². The average molecular weight is 350 g/mol. The maximum atomic E-state index is 12.0. The van der Waals surface area contributed by atoms with Gasteiger partial charge in [0.1, 0.15) is 5.76 Å². The smallest absolute Gasteiger partial charge is 0.238 e. The minimum Gasteiger partial charge on any atom is -0.469 e. The molecule has 0 saturated carbocycles. The van der Waals surface area contributed by atoms with E-state index in [1.54, 1.807) is 18.4 Å². The Hall–Kier alpha value is -2.12. The molecule has 0 aliphatic carbocycles. The van der Waals surface area contributed by atoms with E-state index < -0.39 is 10.0 Å². The van der Waals surface area contributed by atoms with Crippen molar-refractivity contribution in [3.05, 3.63) is 54.0 Å². The van der Waals surface area contributed by atoms with Crippen LogP contribution < -0.4 is 10.5 Å². The third kappa shape index (κ3) is 5.82. The quantitative estimate of drug-likeness (QED) is 0.760. The second-order valence-electron chi connectivity index (χ2n) is 5.78. The average Bonchev–Trinajstić information content (AvgIpc) is 3.04. The first-order chi connectivity index (χ1) is 11.3. The number of carbonyl (C=O) groups is 1. The first-order valence-corrected chi connectivity index (χ1v) is 9.33. The van der Waals surface area contributed by atoms with Crippen molar-refractivity contribution in [2.75, 3.05) is 0 Å². The zero-order valence-corrected chi connectivity index (χ0v) is 14.4. The monoisotopic (exact) mass is 350 g/mol. The molecule has 0 spiro atoms. The van der Waals surface area contributed by atoms with Gasteiger partial charge in [-0.05, 0) is 49.6 Å². The molecule has 1 unspecified atom stereocenters. The zero-order chi connectivity index (χ0) is 17.6. The van der Waals surface area contributed by atoms with E-state index in [2.05, 4.69) is 5.32 Å². The number of amides is 1. The SMILES string of the molecule is CC(CCc1ccco1)NC(=O)CCc1ccc(S(N)(=O)=O)cc1. The van der Waals surface area contributed by atoms with Crippen molar-refractivity contribution in [2.45, 2.75) is 43.5 Å². The van der Waals surface area contributed by atoms with E-state index in [-0.39, 0.29) is 16.8 Å². The molecule has 0 aliphatic rings. The molecular formula is C17H22N2O4S. The summed E-state index contributed by atoms with van der Waals surface area (Å²) in [5.74, 6) is 0.878. The number of aryl methyl sites for hydroxylation is 2. The van der Waals surface area contributed by atoms with Gasteiger partial charge in [0.25, 0.3) is 0 Å². The highest BCUT2D eigenvalue weighted by Crippen LogP contribution is 2.11. The van der Waals surface area contributed by atoms with Gasteiger partial charge >= 0.3 is 0 Å². The fourth-order valence-corrected chi connectivity index (χ4v) is 2.85. The Bertz CT molecular complexity index is 752. The van der Waals surface area contributed by atoms with Crippen molar-refractivity contribution in [1.82, 2.24) is 5.32 Å². The summed E-state index contributed by atoms with van der Waals surface area (Å²) < 4.78 is 27.6. The molecule has 1 aromatic carbocycles. The lowest BCUT2D eigenvalue weighted by Crippen LogP contribution is -2.33. The lowest BCUT2D eigenvalue weighted by molar-refractivity contribution is -0.121. The predicted molar refractivity (Wildman–Crippen MR) is 90.8 cm³/mol. The van der Waals surface area contributed by atoms with Crippen molar-refractivity contribution in [3.63, 3.8) is 0 Å². The Morgan fingerprint density at radius 1 is 1.21 bits per heavy atom. The summed E-state index contributed by atoms with van der Waals surface area (Å²) in [5.41, 5.74) is 0.890. The van der Waals surface area contributed by atoms with E-state index in [9.17, 15) is 13.2 Å². The Morgan fingerprint density at radius 3 is 2.50 bits per heavy atom. The van der Waals surface area contributed by atoms with Gasteiger partial charge in [0, 0.05) is 18.9 Å². The highest BCUT2D eigenvalue weighted by Gasteiger charge is 2.10. The first-order valence-electron chi connectivity index (χ1n) is 7.78. The standard InChI is InChI=1S/C17H22N2O4S/c1-13(4-8-15-3-2-12-23-15)19-17(20)11-7-14-5-9-16(10-6-14)24(18,21)22/h2-3,5-6,9-10,12-13H,4,7-8,11H2,1H3,(H,19,20)(H2,18,21,22). The van der Waals surface area contributed by atoms with E-state index in [0.29, 0.717) is 12.8 Å². The van der Waals surface area contributed by atoms with Crippen molar-refractivity contribution in [2.24, 2.45) is 5.14 Å². The van der Waals surface area contributed by atoms with Crippen LogP contribution in [-0.2, 0) is 27.7 Å². The molecule has 24 heavy (non-hydrogen) atoms. The van der Waals surface area contributed by atoms with Crippen LogP contribution in [0.25, 0.3) is 0 Å². The molecular weight excluding hydrogens is 328 g/mol. The van der Waals surface area contributed by atoms with Crippen LogP contribution in [0.5, 0.6) is 0 Å². The van der Waals surface area contributed by atoms with E-state index in [1.165, 1.54) is 12.1 Å². The minimum absolute atomic E-state index is 0.0301. The highest BCUT2D eigenvalue weighted by atomic mass is 32.2. The molecule has 1 aromatic heterocycles. The van der Waals surface area contributed by atoms with Gasteiger partial charge in [0.15, 0.2) is 0 Å². The number of rotatable bonds is 8. The summed E-state index contributed by atoms with van der Waals surface area (Å²) >= 11 is 0. The van der Waals surface area contributed by atoms with Crippen LogP contribution in [0.1, 0.15) is 31.1 Å². The molecule has 0 fully saturated rings. The van der Waals surface area contributed by atoms with E-state index >= 15 is 0 Å². The Balaban J connectivity index is 1.74. The number of sulfonamides is 1. The van der Waals surface area contributed by atoms with Crippen LogP contribution in [0.15, 0.2) is 52.0 Å². The summed E-state index contributed by atoms with van der Waals surface area (Å²) in [7, 11) is -3.68. The molecule has 7 heteroatoms. The molecule has 0 radical (unpaired) electrons. The lowest BCUT2D eigenvalue weighted by Gasteiger charge is -2.13. The van der Waals surface area contributed by atoms with Crippen LogP contribution >= 0.6 is 0 Å². The Labute approximate surface area is 142 Å². The molecule has 1 heterocycles. The van der Waals surface area contributed by atoms with Crippen LogP contribution in [0.3, 0.4) is 0 Å². The van der Waals surface area contributed by atoms with E-state index in [0.717, 1.165) is 24.2 Å². The third-order valence-electron chi connectivity index (χ3n) is 3.70. The molecule has 2 aromatic rings. The van der Waals surface area contributed by atoms with Gasteiger partial charge in [-0.2, -0.15) is 0 Å². The normalized spacial score (nSPS) is 12.8. The maximum Gasteiger partial charge on any atom is 0.238 e. The number of benzene rings is 1. The van der Waals surface area contributed by atoms with Crippen molar-refractivity contribution >= 4 is 15.9 Å². The van der Waals surface area contributed by atoms with Crippen LogP contribution in [0.2, 0.25) is 0 Å². The third-order valence-corrected chi connectivity index (χ3v) is 4.63. The maximum absolute atomic E-state index is 12.0. The summed E-state index contributed by atoms with van der Waals surface area (Å²) in [6, 6.07) is 10.1. The van der Waals surface area contributed by atoms with Crippen molar-refractivity contribution < 1.29 is 17.6 Å². The number of hydrogen-bond acceptors (Lipinski definition) is 4. The molecule has 0 aliphatic heterocycles. The van der Waals surface area contributed by atoms with E-state index in [4.69, 9.17) is 9.56 Å². The van der Waals surface area contributed by atoms with Crippen LogP contribution in [-0.4, -0.2) is 20.4 Å². The minimum atomic E-state index is -3.68. The predicted octanol–water partition coefficient (Wildman–Crippen LogP) is 2.00. The Morgan fingerprint density at radius 2 is 1.92 bits per heavy atom. The van der Waals surface area contributed by atoms with Gasteiger partial charge in [0.05, 0.1) is 11.2 Å². The van der Waals surface area contributed by atoms with Crippen LogP contribution in [0.4, 0.5) is 0 Å². The molecule has 1 atom stereocenters. The fraction of sp³-hybridized carbons (Fsp3) is 0.353. The van der Waals surface area contributed by atoms with Gasteiger partial charge in [-0.1, -0.05) is 12.1 Å². The number of furan rings is 1. The summed E-state index contributed by atoms with van der Waals surface area (Å²) in [5, 5.41) is 8.00. The van der Waals surface area contributed by atoms with Crippen molar-refractivity contribution in [1.29, 1.82) is 0 Å². The van der Waals surface area contributed by atoms with Gasteiger partial charge in [-0.25, -0.2) is 13.6 Å². The van der Waals surface area contributed by atoms with Gasteiger partial charge in [-0.3, -0.25) is 4.79 Å². The first kappa shape index (κ1) is 18.2. The van der Waals surface area contributed by atoms with Crippen molar-refractivity contribution in [3.8, 4) is 0 Å². The molecule has 0 bridgehead atoms. The second kappa shape index (κ2) is 8.12. The summed E-state index contributed by atoms with van der Waals surface area (Å²) in [4.78, 5) is 12.0. The highest BCUT2D eigenvalue weighted by molar-refractivity contribution is 7.89. The van der Waals surface area contributed by atoms with Gasteiger partial charge < -0.3 is 9.73 Å². The van der Waals surface area contributed by atoms with Gasteiger partial charge in [-0.15, -0.1) is 0 Å². The topological polar surface area (TPSA) is 102 Å². The second-order valence-corrected chi connectivity index (χ2v) is 7.34. The van der Waals surface area contributed by atoms with Gasteiger partial charge in [0.2, 0.25) is 15.9 Å². The number of nitrogens with one attached hydrogen (secondary N) is 1. The molecule has 3 N–H and O–H groups in total. The molecule has 6 nitrogen and oxygen atoms in total. The summed E-state index contributed by atoms with van der Waals surface area (Å²) in [6.45, 7) is 1.96. The fourth-order valence-electron chi connectivity index (χ4n) is 2.34. The zero-order valence-electron chi connectivity index (χ0n) is 13.6. The number of carbonyl (C=O) groups excluding carboxylic acids is 1. The molecule has 2 rings (SSSR count). The molecule has 0 saturated heterocycles. The number of primary sulfonamides is 1. The lowest BCUT2D eigenvalue weighted by atomic mass is 10.1. The molecule has 130 valence electrons. The number of hydrogen-bond donors (Lipinski definition) is 2. The van der Waals surface area contributed by atoms with Crippen LogP contribution in [0, 0.1) is 0 Å². The summed E-state index contributed by atoms with van der Waals surface area (Å²) in [6.07, 6.45) is 4.12. The molecule has 1 amide bonds.